The predicted molar refractivity (Wildman–Crippen MR) is 90.5 cm³/mol. The van der Waals surface area contributed by atoms with Gasteiger partial charge in [-0.2, -0.15) is 13.2 Å². The Hall–Kier alpha value is -3.16. The summed E-state index contributed by atoms with van der Waals surface area (Å²) in [6.07, 6.45) is -4.49. The lowest BCUT2D eigenvalue weighted by Crippen LogP contribution is -2.29. The molecule has 0 aliphatic rings. The number of carbonyl (C=O) groups is 3. The van der Waals surface area contributed by atoms with Crippen LogP contribution in [0.3, 0.4) is 0 Å². The van der Waals surface area contributed by atoms with E-state index in [1.165, 1.54) is 24.3 Å². The predicted octanol–water partition coefficient (Wildman–Crippen LogP) is 3.49. The Balaban J connectivity index is 1.94. The summed E-state index contributed by atoms with van der Waals surface area (Å²) in [5.74, 6) is -1.59. The van der Waals surface area contributed by atoms with E-state index in [0.717, 1.165) is 24.3 Å². The first kappa shape index (κ1) is 20.2. The van der Waals surface area contributed by atoms with Crippen LogP contribution in [0.15, 0.2) is 48.5 Å². The van der Waals surface area contributed by atoms with Crippen molar-refractivity contribution in [3.8, 4) is 0 Å². The lowest BCUT2D eigenvalue weighted by Gasteiger charge is -2.08. The number of ether oxygens (including phenoxy) is 1. The molecular formula is C19H16F3NO4. The van der Waals surface area contributed by atoms with Gasteiger partial charge in [0, 0.05) is 11.1 Å². The Morgan fingerprint density at radius 2 is 1.41 bits per heavy atom. The molecule has 0 saturated heterocycles. The number of ketones is 1. The maximum atomic E-state index is 12.5. The number of hydrogen-bond acceptors (Lipinski definition) is 4. The molecule has 0 saturated carbocycles. The van der Waals surface area contributed by atoms with E-state index in [4.69, 9.17) is 4.74 Å². The molecule has 0 unspecified atom stereocenters. The topological polar surface area (TPSA) is 72.5 Å². The number of Topliss-reactive ketones (excluding diaryl/α,β-unsaturated/α-hetero) is 1. The van der Waals surface area contributed by atoms with Crippen molar-refractivity contribution in [1.82, 2.24) is 5.32 Å². The van der Waals surface area contributed by atoms with Gasteiger partial charge in [0.05, 0.1) is 24.3 Å². The van der Waals surface area contributed by atoms with Gasteiger partial charge in [0.25, 0.3) is 5.91 Å². The number of halogens is 3. The summed E-state index contributed by atoms with van der Waals surface area (Å²) in [5.41, 5.74) is -0.289. The van der Waals surface area contributed by atoms with E-state index in [-0.39, 0.29) is 24.3 Å². The van der Waals surface area contributed by atoms with Gasteiger partial charge in [-0.25, -0.2) is 4.79 Å². The summed E-state index contributed by atoms with van der Waals surface area (Å²) in [7, 11) is 0. The molecule has 0 fully saturated rings. The fourth-order valence-electron chi connectivity index (χ4n) is 2.18. The molecule has 0 aliphatic carbocycles. The molecule has 2 aromatic carbocycles. The van der Waals surface area contributed by atoms with Gasteiger partial charge in [0.1, 0.15) is 0 Å². The maximum absolute atomic E-state index is 12.5. The molecule has 0 atom stereocenters. The Morgan fingerprint density at radius 3 is 1.93 bits per heavy atom. The van der Waals surface area contributed by atoms with Gasteiger partial charge >= 0.3 is 12.1 Å². The Bertz CT molecular complexity index is 828. The fourth-order valence-corrected chi connectivity index (χ4v) is 2.18. The first-order chi connectivity index (χ1) is 12.7. The minimum atomic E-state index is -4.49. The Morgan fingerprint density at radius 1 is 0.889 bits per heavy atom. The smallest absolute Gasteiger partial charge is 0.416 e. The maximum Gasteiger partial charge on any atom is 0.416 e. The van der Waals surface area contributed by atoms with Crippen molar-refractivity contribution in [2.75, 3.05) is 13.2 Å². The number of rotatable bonds is 6. The molecule has 27 heavy (non-hydrogen) atoms. The molecule has 8 heteroatoms. The van der Waals surface area contributed by atoms with Crippen molar-refractivity contribution in [1.29, 1.82) is 0 Å². The van der Waals surface area contributed by atoms with E-state index in [1.807, 2.05) is 0 Å². The van der Waals surface area contributed by atoms with Gasteiger partial charge in [0.15, 0.2) is 5.78 Å². The average Bonchev–Trinajstić information content (AvgIpc) is 2.65. The van der Waals surface area contributed by atoms with E-state index in [9.17, 15) is 27.6 Å². The second-order valence-electron chi connectivity index (χ2n) is 5.48. The summed E-state index contributed by atoms with van der Waals surface area (Å²) < 4.78 is 42.4. The third kappa shape index (κ3) is 5.40. The lowest BCUT2D eigenvalue weighted by molar-refractivity contribution is -0.137. The number of benzene rings is 2. The number of amides is 1. The first-order valence-electron chi connectivity index (χ1n) is 7.98. The zero-order chi connectivity index (χ0) is 20.0. The molecule has 0 spiro atoms. The van der Waals surface area contributed by atoms with Crippen LogP contribution in [0.1, 0.15) is 43.6 Å². The second kappa shape index (κ2) is 8.48. The first-order valence-corrected chi connectivity index (χ1v) is 7.98. The molecule has 2 aromatic rings. The zero-order valence-corrected chi connectivity index (χ0v) is 14.3. The van der Waals surface area contributed by atoms with Crippen LogP contribution in [0, 0.1) is 0 Å². The van der Waals surface area contributed by atoms with E-state index >= 15 is 0 Å². The SMILES string of the molecule is CCOC(=O)c1ccc(C(=O)CNC(=O)c2ccc(C(F)(F)F)cc2)cc1. The van der Waals surface area contributed by atoms with Gasteiger partial charge in [-0.1, -0.05) is 12.1 Å². The summed E-state index contributed by atoms with van der Waals surface area (Å²) in [5, 5.41) is 2.35. The van der Waals surface area contributed by atoms with Gasteiger partial charge in [-0.05, 0) is 43.3 Å². The van der Waals surface area contributed by atoms with Crippen LogP contribution >= 0.6 is 0 Å². The highest BCUT2D eigenvalue weighted by Gasteiger charge is 2.30. The van der Waals surface area contributed by atoms with E-state index in [2.05, 4.69) is 5.32 Å². The van der Waals surface area contributed by atoms with Crippen LogP contribution in [0.5, 0.6) is 0 Å². The molecule has 0 radical (unpaired) electrons. The number of carbonyl (C=O) groups excluding carboxylic acids is 3. The summed E-state index contributed by atoms with van der Waals surface area (Å²) >= 11 is 0. The average molecular weight is 379 g/mol. The number of esters is 1. The Kier molecular flexibility index (Phi) is 6.33. The molecular weight excluding hydrogens is 363 g/mol. The lowest BCUT2D eigenvalue weighted by atomic mass is 10.1. The summed E-state index contributed by atoms with van der Waals surface area (Å²) in [6.45, 7) is 1.57. The van der Waals surface area contributed by atoms with Crippen LogP contribution in [-0.4, -0.2) is 30.8 Å². The van der Waals surface area contributed by atoms with Crippen molar-refractivity contribution in [2.24, 2.45) is 0 Å². The van der Waals surface area contributed by atoms with Crippen LogP contribution in [-0.2, 0) is 10.9 Å². The number of hydrogen-bond donors (Lipinski definition) is 1. The van der Waals surface area contributed by atoms with E-state index < -0.39 is 29.4 Å². The summed E-state index contributed by atoms with van der Waals surface area (Å²) in [6, 6.07) is 9.40. The fraction of sp³-hybridized carbons (Fsp3) is 0.211. The van der Waals surface area contributed by atoms with Crippen molar-refractivity contribution in [2.45, 2.75) is 13.1 Å². The molecule has 1 amide bonds. The highest BCUT2D eigenvalue weighted by Crippen LogP contribution is 2.29. The highest BCUT2D eigenvalue weighted by atomic mass is 19.4. The zero-order valence-electron chi connectivity index (χ0n) is 14.3. The summed E-state index contributed by atoms with van der Waals surface area (Å²) in [4.78, 5) is 35.6. The normalized spacial score (nSPS) is 11.0. The van der Waals surface area contributed by atoms with Crippen molar-refractivity contribution < 1.29 is 32.3 Å². The van der Waals surface area contributed by atoms with Gasteiger partial charge < -0.3 is 10.1 Å². The largest absolute Gasteiger partial charge is 0.462 e. The number of nitrogens with one attached hydrogen (secondary N) is 1. The monoisotopic (exact) mass is 379 g/mol. The van der Waals surface area contributed by atoms with E-state index in [1.54, 1.807) is 6.92 Å². The van der Waals surface area contributed by atoms with Crippen LogP contribution in [0.4, 0.5) is 13.2 Å². The molecule has 0 aliphatic heterocycles. The third-order valence-corrected chi connectivity index (χ3v) is 3.60. The minimum Gasteiger partial charge on any atom is -0.462 e. The van der Waals surface area contributed by atoms with Gasteiger partial charge in [-0.3, -0.25) is 9.59 Å². The van der Waals surface area contributed by atoms with Crippen LogP contribution in [0.2, 0.25) is 0 Å². The second-order valence-corrected chi connectivity index (χ2v) is 5.48. The van der Waals surface area contributed by atoms with Gasteiger partial charge in [0.2, 0.25) is 0 Å². The Labute approximate surface area is 153 Å². The van der Waals surface area contributed by atoms with E-state index in [0.29, 0.717) is 5.56 Å². The third-order valence-electron chi connectivity index (χ3n) is 3.60. The van der Waals surface area contributed by atoms with Crippen molar-refractivity contribution in [3.05, 3.63) is 70.8 Å². The molecule has 0 heterocycles. The molecule has 1 N–H and O–H groups in total. The van der Waals surface area contributed by atoms with Crippen molar-refractivity contribution >= 4 is 17.7 Å². The van der Waals surface area contributed by atoms with Gasteiger partial charge in [-0.15, -0.1) is 0 Å². The molecule has 142 valence electrons. The quantitative estimate of drug-likeness (QED) is 0.616. The van der Waals surface area contributed by atoms with Crippen LogP contribution < -0.4 is 5.32 Å². The minimum absolute atomic E-state index is 0.00783. The molecule has 2 rings (SSSR count). The number of alkyl halides is 3. The standard InChI is InChI=1S/C19H16F3NO4/c1-2-27-18(26)14-5-3-12(4-6-14)16(24)11-23-17(25)13-7-9-15(10-8-13)19(20,21)22/h3-10H,2,11H2,1H3,(H,23,25). The van der Waals surface area contributed by atoms with Crippen molar-refractivity contribution in [3.63, 3.8) is 0 Å². The highest BCUT2D eigenvalue weighted by molar-refractivity contribution is 6.02. The molecule has 0 bridgehead atoms. The molecule has 5 nitrogen and oxygen atoms in total. The molecule has 0 aromatic heterocycles. The van der Waals surface area contributed by atoms with Crippen LogP contribution in [0.25, 0.3) is 0 Å².